The van der Waals surface area contributed by atoms with Crippen LogP contribution >= 0.6 is 0 Å². The van der Waals surface area contributed by atoms with Gasteiger partial charge in [0.05, 0.1) is 34.6 Å². The Balaban J connectivity index is 1.23. The third kappa shape index (κ3) is 5.70. The first-order valence-corrected chi connectivity index (χ1v) is 15.1. The number of H-pyrrole nitrogens is 2. The number of hydrogen-bond donors (Lipinski definition) is 3. The zero-order valence-corrected chi connectivity index (χ0v) is 25.0. The maximum atomic E-state index is 14.8. The van der Waals surface area contributed by atoms with Gasteiger partial charge in [-0.25, -0.2) is 9.37 Å². The molecule has 8 nitrogen and oxygen atoms in total. The molecule has 3 N–H and O–H groups in total. The predicted molar refractivity (Wildman–Crippen MR) is 174 cm³/mol. The van der Waals surface area contributed by atoms with Crippen LogP contribution < -0.4 is 5.32 Å². The number of pyridine rings is 2. The topological polar surface area (TPSA) is 98.4 Å². The molecule has 0 amide bonds. The number of aromatic amines is 2. The van der Waals surface area contributed by atoms with Crippen molar-refractivity contribution in [3.63, 3.8) is 0 Å². The molecule has 4 aromatic heterocycles. The van der Waals surface area contributed by atoms with E-state index in [4.69, 9.17) is 4.98 Å². The van der Waals surface area contributed by atoms with Crippen LogP contribution in [0.4, 0.5) is 10.1 Å². The van der Waals surface area contributed by atoms with Gasteiger partial charge in [0.2, 0.25) is 0 Å². The van der Waals surface area contributed by atoms with Crippen LogP contribution in [0.15, 0.2) is 79.5 Å². The number of halogens is 1. The van der Waals surface area contributed by atoms with Gasteiger partial charge in [-0.3, -0.25) is 20.0 Å². The molecule has 44 heavy (non-hydrogen) atoms. The maximum Gasteiger partial charge on any atom is 0.159 e. The fourth-order valence-corrected chi connectivity index (χ4v) is 6.14. The molecule has 7 rings (SSSR count). The third-order valence-corrected chi connectivity index (χ3v) is 8.10. The van der Waals surface area contributed by atoms with E-state index in [1.807, 2.05) is 18.5 Å². The summed E-state index contributed by atoms with van der Waals surface area (Å²) in [6, 6.07) is 13.5. The van der Waals surface area contributed by atoms with Gasteiger partial charge in [-0.05, 0) is 91.4 Å². The Morgan fingerprint density at radius 3 is 2.64 bits per heavy atom. The SMILES string of the molecule is C=C(CC(C)C)Nc1cncc(-c2ccc3[nH]nc(-c4nc5c(-c6cc(F)cc(CN7CCCC7)c6)cncc5[nH]4)c3c2)c1. The summed E-state index contributed by atoms with van der Waals surface area (Å²) in [5, 5.41) is 12.1. The van der Waals surface area contributed by atoms with Gasteiger partial charge in [-0.1, -0.05) is 26.5 Å². The van der Waals surface area contributed by atoms with Crippen molar-refractivity contribution in [3.05, 3.63) is 90.9 Å². The molecular weight excluding hydrogens is 551 g/mol. The van der Waals surface area contributed by atoms with Gasteiger partial charge < -0.3 is 10.3 Å². The molecule has 1 saturated heterocycles. The van der Waals surface area contributed by atoms with Crippen molar-refractivity contribution in [3.8, 4) is 33.8 Å². The molecule has 0 bridgehead atoms. The van der Waals surface area contributed by atoms with Crippen molar-refractivity contribution in [2.75, 3.05) is 18.4 Å². The Kier molecular flexibility index (Phi) is 7.39. The largest absolute Gasteiger partial charge is 0.358 e. The fraction of sp³-hybridized carbons (Fsp3) is 0.257. The lowest BCUT2D eigenvalue weighted by Crippen LogP contribution is -2.18. The summed E-state index contributed by atoms with van der Waals surface area (Å²) in [4.78, 5) is 19.7. The lowest BCUT2D eigenvalue weighted by molar-refractivity contribution is 0.331. The fourth-order valence-electron chi connectivity index (χ4n) is 6.14. The van der Waals surface area contributed by atoms with Gasteiger partial charge in [0.1, 0.15) is 11.5 Å². The minimum atomic E-state index is -0.256. The van der Waals surface area contributed by atoms with Crippen molar-refractivity contribution in [2.45, 2.75) is 39.7 Å². The number of aromatic nitrogens is 6. The molecule has 9 heteroatoms. The second kappa shape index (κ2) is 11.7. The maximum absolute atomic E-state index is 14.8. The number of likely N-dealkylation sites (tertiary alicyclic amines) is 1. The smallest absolute Gasteiger partial charge is 0.159 e. The van der Waals surface area contributed by atoms with Crippen LogP contribution in [0.1, 0.15) is 38.7 Å². The van der Waals surface area contributed by atoms with E-state index in [-0.39, 0.29) is 5.82 Å². The summed E-state index contributed by atoms with van der Waals surface area (Å²) in [5.41, 5.74) is 9.44. The van der Waals surface area contributed by atoms with E-state index in [1.165, 1.54) is 12.8 Å². The summed E-state index contributed by atoms with van der Waals surface area (Å²) in [6.45, 7) is 11.3. The summed E-state index contributed by atoms with van der Waals surface area (Å²) in [5.74, 6) is 0.877. The number of imidazole rings is 1. The summed E-state index contributed by atoms with van der Waals surface area (Å²) in [6.07, 6.45) is 10.4. The van der Waals surface area contributed by atoms with Crippen LogP contribution in [-0.2, 0) is 6.54 Å². The minimum absolute atomic E-state index is 0.256. The third-order valence-electron chi connectivity index (χ3n) is 8.10. The number of nitrogens with zero attached hydrogens (tertiary/aromatic N) is 5. The Labute approximate surface area is 255 Å². The Bertz CT molecular complexity index is 1980. The standard InChI is InChI=1S/C35H35FN8/c1-21(2)10-22(3)39-28-14-26(16-37-17-28)24-6-7-31-29(15-24)34(43-42-31)35-40-32-19-38-18-30(33(32)41-35)25-11-23(12-27(36)13-25)20-44-8-4-5-9-44/h6-7,11-19,21,39H,3-5,8-10,20H2,1-2H3,(H,40,41)(H,42,43). The quantitative estimate of drug-likeness (QED) is 0.159. The summed E-state index contributed by atoms with van der Waals surface area (Å²) >= 11 is 0. The molecular formula is C35H35FN8. The molecule has 6 aromatic rings. The van der Waals surface area contributed by atoms with E-state index in [9.17, 15) is 4.39 Å². The molecule has 0 saturated carbocycles. The van der Waals surface area contributed by atoms with Gasteiger partial charge >= 0.3 is 0 Å². The summed E-state index contributed by atoms with van der Waals surface area (Å²) < 4.78 is 14.8. The van der Waals surface area contributed by atoms with E-state index in [1.54, 1.807) is 24.5 Å². The van der Waals surface area contributed by atoms with Crippen LogP contribution in [0.25, 0.3) is 55.7 Å². The zero-order chi connectivity index (χ0) is 30.2. The Morgan fingerprint density at radius 1 is 0.955 bits per heavy atom. The van der Waals surface area contributed by atoms with Crippen LogP contribution in [0.3, 0.4) is 0 Å². The molecule has 0 unspecified atom stereocenters. The van der Waals surface area contributed by atoms with Crippen LogP contribution in [0.2, 0.25) is 0 Å². The van der Waals surface area contributed by atoms with E-state index in [2.05, 4.69) is 80.1 Å². The molecule has 0 radical (unpaired) electrons. The van der Waals surface area contributed by atoms with Gasteiger partial charge in [0.15, 0.2) is 5.82 Å². The van der Waals surface area contributed by atoms with Crippen LogP contribution in [-0.4, -0.2) is 48.1 Å². The van der Waals surface area contributed by atoms with Crippen molar-refractivity contribution >= 4 is 27.6 Å². The number of nitrogens with one attached hydrogen (secondary N) is 3. The molecule has 5 heterocycles. The normalized spacial score (nSPS) is 13.8. The van der Waals surface area contributed by atoms with Gasteiger partial charge in [-0.2, -0.15) is 5.10 Å². The molecule has 0 aliphatic carbocycles. The number of benzene rings is 2. The van der Waals surface area contributed by atoms with E-state index in [0.717, 1.165) is 87.2 Å². The highest BCUT2D eigenvalue weighted by atomic mass is 19.1. The number of rotatable bonds is 9. The molecule has 222 valence electrons. The van der Waals surface area contributed by atoms with Gasteiger partial charge in [0, 0.05) is 41.1 Å². The first-order valence-electron chi connectivity index (χ1n) is 15.1. The minimum Gasteiger partial charge on any atom is -0.358 e. The molecule has 0 atom stereocenters. The molecule has 0 spiro atoms. The summed E-state index contributed by atoms with van der Waals surface area (Å²) in [7, 11) is 0. The second-order valence-corrected chi connectivity index (χ2v) is 12.1. The van der Waals surface area contributed by atoms with Crippen molar-refractivity contribution in [1.82, 2.24) is 35.0 Å². The average Bonchev–Trinajstić information content (AvgIpc) is 3.75. The highest BCUT2D eigenvalue weighted by Gasteiger charge is 2.18. The highest BCUT2D eigenvalue weighted by molar-refractivity contribution is 5.98. The van der Waals surface area contributed by atoms with Crippen molar-refractivity contribution in [2.24, 2.45) is 5.92 Å². The monoisotopic (exact) mass is 586 g/mol. The van der Waals surface area contributed by atoms with Crippen LogP contribution in [0.5, 0.6) is 0 Å². The highest BCUT2D eigenvalue weighted by Crippen LogP contribution is 2.34. The van der Waals surface area contributed by atoms with Crippen molar-refractivity contribution < 1.29 is 4.39 Å². The Morgan fingerprint density at radius 2 is 1.80 bits per heavy atom. The van der Waals surface area contributed by atoms with E-state index in [0.29, 0.717) is 17.4 Å². The Hall–Kier alpha value is -4.89. The molecule has 1 aliphatic heterocycles. The second-order valence-electron chi connectivity index (χ2n) is 12.1. The van der Waals surface area contributed by atoms with Gasteiger partial charge in [0.25, 0.3) is 0 Å². The lowest BCUT2D eigenvalue weighted by atomic mass is 10.0. The number of anilines is 1. The van der Waals surface area contributed by atoms with Crippen molar-refractivity contribution in [1.29, 1.82) is 0 Å². The number of hydrogen-bond acceptors (Lipinski definition) is 6. The molecule has 1 fully saturated rings. The first-order chi connectivity index (χ1) is 21.4. The van der Waals surface area contributed by atoms with Crippen LogP contribution in [0, 0.1) is 11.7 Å². The van der Waals surface area contributed by atoms with E-state index < -0.39 is 0 Å². The van der Waals surface area contributed by atoms with Gasteiger partial charge in [-0.15, -0.1) is 0 Å². The number of fused-ring (bicyclic) bond motifs is 2. The van der Waals surface area contributed by atoms with E-state index >= 15 is 0 Å². The number of allylic oxidation sites excluding steroid dienone is 1. The molecule has 1 aliphatic rings. The first kappa shape index (κ1) is 27.9. The predicted octanol–water partition coefficient (Wildman–Crippen LogP) is 7.94. The molecule has 2 aromatic carbocycles. The average molecular weight is 587 g/mol. The zero-order valence-electron chi connectivity index (χ0n) is 25.0. The lowest BCUT2D eigenvalue weighted by Gasteiger charge is -2.15.